The molecule has 0 spiro atoms. The van der Waals surface area contributed by atoms with E-state index in [9.17, 15) is 12.8 Å². The average molecular weight is 394 g/mol. The normalized spacial score (nSPS) is 11.3. The second kappa shape index (κ2) is 7.28. The topological polar surface area (TPSA) is 72.2 Å². The maximum absolute atomic E-state index is 13.7. The molecule has 0 fully saturated rings. The first kappa shape index (κ1) is 17.9. The molecule has 28 heavy (non-hydrogen) atoms. The van der Waals surface area contributed by atoms with Crippen molar-refractivity contribution in [2.45, 2.75) is 4.90 Å². The van der Waals surface area contributed by atoms with Gasteiger partial charge in [-0.15, -0.1) is 0 Å². The maximum atomic E-state index is 13.7. The summed E-state index contributed by atoms with van der Waals surface area (Å²) in [6.07, 6.45) is 1.62. The van der Waals surface area contributed by atoms with Gasteiger partial charge in [0.05, 0.1) is 16.8 Å². The molecule has 4 rings (SSSR count). The molecule has 0 saturated carbocycles. The molecule has 140 valence electrons. The highest BCUT2D eigenvalue weighted by molar-refractivity contribution is 7.92. The lowest BCUT2D eigenvalue weighted by molar-refractivity contribution is 0.588. The Balaban J connectivity index is 1.57. The second-order valence-electron chi connectivity index (χ2n) is 6.01. The van der Waals surface area contributed by atoms with E-state index in [0.717, 1.165) is 5.56 Å². The minimum atomic E-state index is -3.91. The first-order chi connectivity index (χ1) is 13.5. The molecule has 3 aromatic carbocycles. The number of sulfonamides is 1. The molecule has 0 unspecified atom stereocenters. The van der Waals surface area contributed by atoms with E-state index in [-0.39, 0.29) is 10.6 Å². The molecule has 1 heterocycles. The SMILES string of the molecule is O=S(=O)(Nc1ccccc1F)c1ccc(-c2ncc(-c3ccccc3)o2)cc1. The van der Waals surface area contributed by atoms with Gasteiger partial charge in [0.2, 0.25) is 5.89 Å². The molecule has 0 saturated heterocycles. The van der Waals surface area contributed by atoms with Crippen LogP contribution < -0.4 is 4.72 Å². The molecule has 0 aliphatic heterocycles. The van der Waals surface area contributed by atoms with Crippen molar-refractivity contribution in [1.82, 2.24) is 4.98 Å². The van der Waals surface area contributed by atoms with Crippen LogP contribution in [0.2, 0.25) is 0 Å². The highest BCUT2D eigenvalue weighted by Crippen LogP contribution is 2.27. The minimum Gasteiger partial charge on any atom is -0.436 e. The fourth-order valence-corrected chi connectivity index (χ4v) is 3.74. The summed E-state index contributed by atoms with van der Waals surface area (Å²) >= 11 is 0. The van der Waals surface area contributed by atoms with Gasteiger partial charge in [0.1, 0.15) is 5.82 Å². The van der Waals surface area contributed by atoms with Crippen LogP contribution in [0.15, 0.2) is 94.4 Å². The molecule has 0 atom stereocenters. The van der Waals surface area contributed by atoms with E-state index in [1.807, 2.05) is 30.3 Å². The molecular weight excluding hydrogens is 379 g/mol. The van der Waals surface area contributed by atoms with Gasteiger partial charge in [-0.3, -0.25) is 4.72 Å². The van der Waals surface area contributed by atoms with Gasteiger partial charge in [-0.1, -0.05) is 42.5 Å². The van der Waals surface area contributed by atoms with Crippen molar-refractivity contribution >= 4 is 15.7 Å². The molecule has 1 N–H and O–H groups in total. The lowest BCUT2D eigenvalue weighted by Crippen LogP contribution is -2.13. The van der Waals surface area contributed by atoms with Crippen LogP contribution in [0.5, 0.6) is 0 Å². The van der Waals surface area contributed by atoms with Crippen LogP contribution in [0, 0.1) is 5.82 Å². The molecule has 0 bridgehead atoms. The van der Waals surface area contributed by atoms with Gasteiger partial charge >= 0.3 is 0 Å². The van der Waals surface area contributed by atoms with Crippen LogP contribution in [-0.2, 0) is 10.0 Å². The van der Waals surface area contributed by atoms with Crippen molar-refractivity contribution in [1.29, 1.82) is 0 Å². The summed E-state index contributed by atoms with van der Waals surface area (Å²) in [5.74, 6) is 0.356. The van der Waals surface area contributed by atoms with Crippen molar-refractivity contribution < 1.29 is 17.2 Å². The fourth-order valence-electron chi connectivity index (χ4n) is 2.67. The zero-order chi connectivity index (χ0) is 19.6. The number of hydrogen-bond acceptors (Lipinski definition) is 4. The molecule has 5 nitrogen and oxygen atoms in total. The van der Waals surface area contributed by atoms with Crippen molar-refractivity contribution in [3.63, 3.8) is 0 Å². The van der Waals surface area contributed by atoms with E-state index in [1.165, 1.54) is 30.3 Å². The predicted octanol–water partition coefficient (Wildman–Crippen LogP) is 4.95. The zero-order valence-corrected chi connectivity index (χ0v) is 15.4. The zero-order valence-electron chi connectivity index (χ0n) is 14.5. The van der Waals surface area contributed by atoms with Crippen LogP contribution in [0.4, 0.5) is 10.1 Å². The van der Waals surface area contributed by atoms with E-state index >= 15 is 0 Å². The largest absolute Gasteiger partial charge is 0.436 e. The third kappa shape index (κ3) is 3.65. The molecule has 0 radical (unpaired) electrons. The Hall–Kier alpha value is -3.45. The monoisotopic (exact) mass is 394 g/mol. The Morgan fingerprint density at radius 2 is 1.50 bits per heavy atom. The number of anilines is 1. The summed E-state index contributed by atoms with van der Waals surface area (Å²) in [6, 6.07) is 21.2. The van der Waals surface area contributed by atoms with Gasteiger partial charge < -0.3 is 4.42 Å². The standard InChI is InChI=1S/C21H15FN2O3S/c22-18-8-4-5-9-19(18)24-28(25,26)17-12-10-16(11-13-17)21-23-14-20(27-21)15-6-2-1-3-7-15/h1-14,24H. The van der Waals surface area contributed by atoms with E-state index < -0.39 is 15.8 Å². The molecule has 1 aromatic heterocycles. The molecule has 0 amide bonds. The summed E-state index contributed by atoms with van der Waals surface area (Å²) in [5, 5.41) is 0. The smallest absolute Gasteiger partial charge is 0.261 e. The Morgan fingerprint density at radius 1 is 0.821 bits per heavy atom. The molecular formula is C21H15FN2O3S. The first-order valence-corrected chi connectivity index (χ1v) is 9.90. The summed E-state index contributed by atoms with van der Waals surface area (Å²) in [4.78, 5) is 4.26. The molecule has 0 aliphatic carbocycles. The number of hydrogen-bond donors (Lipinski definition) is 1. The number of para-hydroxylation sites is 1. The predicted molar refractivity (Wildman–Crippen MR) is 105 cm³/mol. The highest BCUT2D eigenvalue weighted by atomic mass is 32.2. The maximum Gasteiger partial charge on any atom is 0.261 e. The van der Waals surface area contributed by atoms with Crippen molar-refractivity contribution in [3.05, 3.63) is 90.9 Å². The average Bonchev–Trinajstić information content (AvgIpc) is 3.21. The van der Waals surface area contributed by atoms with Crippen LogP contribution in [0.3, 0.4) is 0 Å². The number of nitrogens with zero attached hydrogens (tertiary/aromatic N) is 1. The summed E-state index contributed by atoms with van der Waals surface area (Å²) in [7, 11) is -3.91. The van der Waals surface area contributed by atoms with Gasteiger partial charge in [0.15, 0.2) is 5.76 Å². The van der Waals surface area contributed by atoms with E-state index in [2.05, 4.69) is 9.71 Å². The Labute approximate surface area is 161 Å². The van der Waals surface area contributed by atoms with Gasteiger partial charge in [0, 0.05) is 11.1 Å². The van der Waals surface area contributed by atoms with Crippen molar-refractivity contribution in [3.8, 4) is 22.8 Å². The van der Waals surface area contributed by atoms with Gasteiger partial charge in [-0.25, -0.2) is 17.8 Å². The lowest BCUT2D eigenvalue weighted by atomic mass is 10.2. The van der Waals surface area contributed by atoms with Crippen LogP contribution in [-0.4, -0.2) is 13.4 Å². The van der Waals surface area contributed by atoms with Crippen LogP contribution in [0.25, 0.3) is 22.8 Å². The van der Waals surface area contributed by atoms with Gasteiger partial charge in [0.25, 0.3) is 10.0 Å². The summed E-state index contributed by atoms with van der Waals surface area (Å²) in [6.45, 7) is 0. The number of nitrogens with one attached hydrogen (secondary N) is 1. The summed E-state index contributed by atoms with van der Waals surface area (Å²) in [5.41, 5.74) is 1.42. The molecule has 7 heteroatoms. The third-order valence-corrected chi connectivity index (χ3v) is 5.48. The van der Waals surface area contributed by atoms with Crippen LogP contribution >= 0.6 is 0 Å². The minimum absolute atomic E-state index is 0.00865. The number of rotatable bonds is 5. The molecule has 4 aromatic rings. The third-order valence-electron chi connectivity index (χ3n) is 4.09. The number of oxazole rings is 1. The molecule has 0 aliphatic rings. The Morgan fingerprint density at radius 3 is 2.21 bits per heavy atom. The number of aromatic nitrogens is 1. The number of benzene rings is 3. The number of halogens is 1. The van der Waals surface area contributed by atoms with Gasteiger partial charge in [-0.05, 0) is 36.4 Å². The summed E-state index contributed by atoms with van der Waals surface area (Å²) < 4.78 is 46.7. The van der Waals surface area contributed by atoms with E-state index in [4.69, 9.17) is 4.42 Å². The van der Waals surface area contributed by atoms with E-state index in [1.54, 1.807) is 24.4 Å². The van der Waals surface area contributed by atoms with Crippen molar-refractivity contribution in [2.75, 3.05) is 4.72 Å². The first-order valence-electron chi connectivity index (χ1n) is 8.42. The van der Waals surface area contributed by atoms with Crippen molar-refractivity contribution in [2.24, 2.45) is 0 Å². The van der Waals surface area contributed by atoms with Gasteiger partial charge in [-0.2, -0.15) is 0 Å². The fraction of sp³-hybridized carbons (Fsp3) is 0. The van der Waals surface area contributed by atoms with Crippen LogP contribution in [0.1, 0.15) is 0 Å². The Bertz CT molecular complexity index is 1200. The van der Waals surface area contributed by atoms with E-state index in [0.29, 0.717) is 17.2 Å². The highest BCUT2D eigenvalue weighted by Gasteiger charge is 2.17. The second-order valence-corrected chi connectivity index (χ2v) is 7.69. The lowest BCUT2D eigenvalue weighted by Gasteiger charge is -2.09. The quantitative estimate of drug-likeness (QED) is 0.520. The Kier molecular flexibility index (Phi) is 4.67.